The number of pyridine rings is 1. The Morgan fingerprint density at radius 2 is 1.17 bits per heavy atom. The van der Waals surface area contributed by atoms with Crippen molar-refractivity contribution in [3.8, 4) is 62.1 Å². The number of ether oxygens (including phenoxy) is 1. The molecule has 8 aromatic carbocycles. The lowest BCUT2D eigenvalue weighted by molar-refractivity contribution is -0.571. The average molecular weight is 1110 g/mol. The lowest BCUT2D eigenvalue weighted by atomic mass is 9.62. The first-order valence-corrected chi connectivity index (χ1v) is 25.5. The van der Waals surface area contributed by atoms with E-state index in [2.05, 4.69) is 6.33 Å². The van der Waals surface area contributed by atoms with Crippen molar-refractivity contribution in [3.63, 3.8) is 0 Å². The summed E-state index contributed by atoms with van der Waals surface area (Å²) in [6, 6.07) is 20.3. The Hall–Kier alpha value is -8.02. The van der Waals surface area contributed by atoms with E-state index in [4.69, 9.17) is 50.8 Å². The van der Waals surface area contributed by atoms with Crippen LogP contribution in [0.4, 0.5) is 0 Å². The van der Waals surface area contributed by atoms with E-state index in [0.29, 0.717) is 11.3 Å². The van der Waals surface area contributed by atoms with Crippen molar-refractivity contribution >= 4 is 32.8 Å². The monoisotopic (exact) mass is 1100 g/mol. The summed E-state index contributed by atoms with van der Waals surface area (Å²) < 4.78 is 420. The number of hydrogen-bond donors (Lipinski definition) is 0. The SMILES string of the molecule is [2H]c1c([2H])c2c(c([2H])c1-c1cccc(-c3c([2H])c([2H])c4c(c3[2H])C(C([2H])([2H])[2H])(C([2H])([2H])[2H])C([2H])([2H])C([2H])([2H])C4(C([2H])([2H])[2H])C([2H])([2H])[2H])c1-[n+]1[c-]n(-c3cccc(Oc4ccc5c6ccccc6n(-c6cc(C(C)(C)C)ccn6)c5c4)c3)c3cc(-c4c(C([2H])([2H])[2H])cccc4C([2H])([2H])[2H])ccc31)C(C([2H])([2H])[2H])(C([2H])([2H])[2H])C([2H])([2H])C([2H])([2H])C2(C([2H])([2H])[2H])C([2H])([2H])[2H]. The number of aryl methyl sites for hydroxylation is 2. The number of rotatable bonds is 8. The molecular formula is C76H76N4O. The normalized spacial score (nSPS) is 28.2. The number of benzene rings is 8. The van der Waals surface area contributed by atoms with Crippen molar-refractivity contribution in [2.45, 2.75) is 142 Å². The largest absolute Gasteiger partial charge is 0.458 e. The van der Waals surface area contributed by atoms with Gasteiger partial charge in [0.25, 0.3) is 6.33 Å². The molecule has 406 valence electrons. The third-order valence-corrected chi connectivity index (χ3v) is 14.6. The summed E-state index contributed by atoms with van der Waals surface area (Å²) in [6.07, 6.45) is -14.9. The number of nitrogens with zero attached hydrogens (tertiary/aromatic N) is 4. The fourth-order valence-electron chi connectivity index (χ4n) is 10.6. The van der Waals surface area contributed by atoms with Gasteiger partial charge < -0.3 is 4.74 Å². The topological polar surface area (TPSA) is 35.9 Å². The molecule has 0 aliphatic heterocycles. The molecular weight excluding hydrogens is 985 g/mol. The van der Waals surface area contributed by atoms with E-state index in [-0.39, 0.29) is 33.7 Å². The zero-order chi connectivity index (χ0) is 93.9. The minimum absolute atomic E-state index is 0.0267. The lowest BCUT2D eigenvalue weighted by Gasteiger charge is -2.42. The second kappa shape index (κ2) is 18.8. The fourth-order valence-corrected chi connectivity index (χ4v) is 10.6. The van der Waals surface area contributed by atoms with Crippen LogP contribution in [0.15, 0.2) is 176 Å². The third-order valence-electron chi connectivity index (χ3n) is 14.6. The fraction of sp³-hybridized carbons (Fsp3) is 0.289. The van der Waals surface area contributed by atoms with Crippen LogP contribution in [0.25, 0.3) is 83.4 Å². The zero-order valence-corrected chi connectivity index (χ0v) is 43.5. The van der Waals surface area contributed by atoms with Crippen molar-refractivity contribution in [2.24, 2.45) is 0 Å². The highest BCUT2D eigenvalue weighted by Crippen LogP contribution is 2.50. The molecule has 2 aliphatic carbocycles. The van der Waals surface area contributed by atoms with E-state index in [1.54, 1.807) is 24.4 Å². The zero-order valence-electron chi connectivity index (χ0n) is 87.5. The van der Waals surface area contributed by atoms with E-state index >= 15 is 0 Å². The first-order chi connectivity index (χ1) is 56.6. The molecule has 5 heteroatoms. The molecule has 3 aromatic heterocycles. The summed E-state index contributed by atoms with van der Waals surface area (Å²) in [5, 5.41) is 1.57. The second-order valence-corrected chi connectivity index (χ2v) is 21.2. The molecule has 0 unspecified atom stereocenters. The van der Waals surface area contributed by atoms with Gasteiger partial charge in [0.2, 0.25) is 0 Å². The molecule has 0 radical (unpaired) electrons. The van der Waals surface area contributed by atoms with Crippen LogP contribution in [-0.4, -0.2) is 14.1 Å². The molecule has 0 spiro atoms. The molecule has 0 saturated carbocycles. The number of aromatic nitrogens is 4. The van der Waals surface area contributed by atoms with Gasteiger partial charge in [-0.2, -0.15) is 0 Å². The van der Waals surface area contributed by atoms with Crippen LogP contribution in [0, 0.1) is 20.0 Å². The highest BCUT2D eigenvalue weighted by Gasteiger charge is 2.39. The van der Waals surface area contributed by atoms with Gasteiger partial charge in [-0.15, -0.1) is 0 Å². The first-order valence-electron chi connectivity index (χ1n) is 47.5. The molecule has 0 amide bonds. The van der Waals surface area contributed by atoms with Gasteiger partial charge in [-0.3, -0.25) is 13.7 Å². The summed E-state index contributed by atoms with van der Waals surface area (Å²) in [4.78, 5) is 4.77. The van der Waals surface area contributed by atoms with Crippen LogP contribution in [0.3, 0.4) is 0 Å². The van der Waals surface area contributed by atoms with E-state index in [9.17, 15) is 19.2 Å². The van der Waals surface area contributed by atoms with E-state index in [0.717, 1.165) is 73.5 Å². The molecule has 13 rings (SSSR count). The summed E-state index contributed by atoms with van der Waals surface area (Å²) in [7, 11) is 0. The maximum absolute atomic E-state index is 10.5. The van der Waals surface area contributed by atoms with Crippen molar-refractivity contribution in [1.29, 1.82) is 0 Å². The van der Waals surface area contributed by atoms with Crippen LogP contribution in [0.5, 0.6) is 11.5 Å². The summed E-state index contributed by atoms with van der Waals surface area (Å²) >= 11 is 0. The standard InChI is InChI=1S/C76H76N4O/c1-48-19-16-20-49(2)70(48)52-29-34-66-68(43-52)78(54-21-17-22-55(45-54)81-56-30-31-60-59-23-14-15-26-65(59)80(67(60)46-56)69-44-53(35-40-77-69)72(3,4)5)47-79(66)71-57(50-27-32-61-63(41-50)75(10,11)38-36-73(61,6)7)24-18-25-58(71)51-28-33-62-64(42-51)76(12,13)39-37-74(62,8)9/h14-35,40-46H,36-39H2,1-13H3/i1D3,2D3,6D3,7D3,8D3,9D3,10D3,11D3,12D3,13D3,27D,28D,32D,33D,36D2,37D2,38D2,39D2,41D,42D. The molecule has 0 saturated heterocycles. The summed E-state index contributed by atoms with van der Waals surface area (Å²) in [5.41, 5.74) is -33.9. The van der Waals surface area contributed by atoms with Gasteiger partial charge in [0.1, 0.15) is 17.3 Å². The Labute approximate surface area is 541 Å². The smallest absolute Gasteiger partial charge is 0.269 e. The molecule has 0 N–H and O–H groups in total. The van der Waals surface area contributed by atoms with Gasteiger partial charge in [0.05, 0.1) is 41.7 Å². The number of para-hydroxylation sites is 2. The Bertz CT molecular complexity index is 5990. The molecule has 81 heavy (non-hydrogen) atoms. The van der Waals surface area contributed by atoms with Crippen molar-refractivity contribution in [2.75, 3.05) is 0 Å². The van der Waals surface area contributed by atoms with Crippen LogP contribution >= 0.6 is 0 Å². The van der Waals surface area contributed by atoms with Gasteiger partial charge in [0, 0.05) is 75.1 Å². The Morgan fingerprint density at radius 1 is 0.568 bits per heavy atom. The lowest BCUT2D eigenvalue weighted by Crippen LogP contribution is -2.34. The predicted molar refractivity (Wildman–Crippen MR) is 337 cm³/mol. The van der Waals surface area contributed by atoms with Crippen LogP contribution in [0.1, 0.15) is 200 Å². The highest BCUT2D eigenvalue weighted by molar-refractivity contribution is 6.09. The maximum Gasteiger partial charge on any atom is 0.269 e. The van der Waals surface area contributed by atoms with Crippen molar-refractivity contribution in [1.82, 2.24) is 14.1 Å². The number of fused-ring (bicyclic) bond motifs is 6. The molecule has 11 aromatic rings. The maximum atomic E-state index is 10.5. The van der Waals surface area contributed by atoms with Gasteiger partial charge in [-0.05, 0) is 193 Å². The Balaban J connectivity index is 1.26. The number of hydrogen-bond acceptors (Lipinski definition) is 2. The van der Waals surface area contributed by atoms with Gasteiger partial charge in [-0.25, -0.2) is 4.98 Å². The predicted octanol–water partition coefficient (Wildman–Crippen LogP) is 19.6. The van der Waals surface area contributed by atoms with Crippen molar-refractivity contribution < 1.29 is 69.6 Å². The minimum atomic E-state index is -4.95. The Morgan fingerprint density at radius 3 is 1.81 bits per heavy atom. The second-order valence-electron chi connectivity index (χ2n) is 21.2. The van der Waals surface area contributed by atoms with Crippen LogP contribution in [-0.2, 0) is 27.1 Å². The van der Waals surface area contributed by atoms with Gasteiger partial charge in [-0.1, -0.05) is 185 Å². The van der Waals surface area contributed by atoms with E-state index < -0.39 is 224 Å². The average Bonchev–Trinajstić information content (AvgIpc) is 0.642. The highest BCUT2D eigenvalue weighted by atomic mass is 16.5. The molecule has 5 nitrogen and oxygen atoms in total. The molecule has 3 heterocycles. The van der Waals surface area contributed by atoms with E-state index in [1.807, 2.05) is 61.7 Å². The first kappa shape index (κ1) is 22.7. The summed E-state index contributed by atoms with van der Waals surface area (Å²) in [6.45, 7) is -37.3. The molecule has 0 bridgehead atoms. The minimum Gasteiger partial charge on any atom is -0.458 e. The quantitative estimate of drug-likeness (QED) is 0.112. The third kappa shape index (κ3) is 8.90. The van der Waals surface area contributed by atoms with Crippen molar-refractivity contribution in [3.05, 3.63) is 221 Å². The molecule has 0 atom stereocenters. The molecule has 2 aliphatic rings. The van der Waals surface area contributed by atoms with Crippen LogP contribution in [0.2, 0.25) is 0 Å². The summed E-state index contributed by atoms with van der Waals surface area (Å²) in [5.74, 6) is 0.679. The number of imidazole rings is 1. The Kier molecular flexibility index (Phi) is 5.27. The van der Waals surface area contributed by atoms with Gasteiger partial charge >= 0.3 is 0 Å². The van der Waals surface area contributed by atoms with E-state index in [1.165, 1.54) is 36.4 Å². The molecule has 0 fully saturated rings. The van der Waals surface area contributed by atoms with Gasteiger partial charge in [0.15, 0.2) is 0 Å². The van der Waals surface area contributed by atoms with Crippen LogP contribution < -0.4 is 9.30 Å².